The summed E-state index contributed by atoms with van der Waals surface area (Å²) >= 11 is 1.59. The number of likely N-dealkylation sites (tertiary alicyclic amines) is 1. The minimum Gasteiger partial charge on any atom is -0.507 e. The number of benzene rings is 2. The summed E-state index contributed by atoms with van der Waals surface area (Å²) in [5.41, 5.74) is 14.4. The van der Waals surface area contributed by atoms with E-state index in [0.717, 1.165) is 124 Å². The summed E-state index contributed by atoms with van der Waals surface area (Å²) in [6.07, 6.45) is 7.21. The van der Waals surface area contributed by atoms with Crippen molar-refractivity contribution in [2.45, 2.75) is 109 Å². The molecular formula is C58H74N12O7S. The van der Waals surface area contributed by atoms with Crippen molar-refractivity contribution >= 4 is 40.3 Å². The van der Waals surface area contributed by atoms with Crippen LogP contribution in [0.15, 0.2) is 89.0 Å². The number of hydrogen-bond acceptors (Lipinski definition) is 18. The predicted octanol–water partition coefficient (Wildman–Crippen LogP) is 7.32. The van der Waals surface area contributed by atoms with Crippen molar-refractivity contribution in [3.63, 3.8) is 0 Å². The molecule has 20 heteroatoms. The molecule has 4 aliphatic heterocycles. The SMILES string of the molecule is Cc1ncsc1-c1ccc([C@H](C)NC(=O)[C@@H]2C[C@@H](O)CN2C(=O)[C@@H](c2cc(OCCCCN3CCN(CCCCOc4cc(N5C6CCC5CN(c5cc(-c7ccccc7O)nnc5N)C6)ccn4)CC3)no2)C(C)C)cc1. The zero-order chi connectivity index (χ0) is 54.3. The molecule has 2 unspecified atom stereocenters. The fraction of sp³-hybridized carbons (Fsp3) is 0.500. The number of amides is 2. The van der Waals surface area contributed by atoms with Gasteiger partial charge in [-0.2, -0.15) is 0 Å². The molecule has 0 radical (unpaired) electrons. The van der Waals surface area contributed by atoms with Gasteiger partial charge in [0.2, 0.25) is 17.7 Å². The Labute approximate surface area is 460 Å². The van der Waals surface area contributed by atoms with E-state index in [-0.39, 0.29) is 42.5 Å². The molecule has 4 saturated heterocycles. The number of unbranched alkanes of at least 4 members (excludes halogenated alkanes) is 2. The quantitative estimate of drug-likeness (QED) is 0.0489. The average Bonchev–Trinajstić information content (AvgIpc) is 4.25. The number of phenols is 1. The first-order valence-electron chi connectivity index (χ1n) is 27.7. The van der Waals surface area contributed by atoms with Crippen LogP contribution in [0.1, 0.15) is 94.7 Å². The number of phenolic OH excluding ortho intramolecular Hbond substituents is 1. The van der Waals surface area contributed by atoms with E-state index in [1.165, 1.54) is 4.90 Å². The largest absolute Gasteiger partial charge is 0.507 e. The van der Waals surface area contributed by atoms with Crippen molar-refractivity contribution < 1.29 is 33.8 Å². The molecule has 4 aliphatic rings. The van der Waals surface area contributed by atoms with Gasteiger partial charge in [0.05, 0.1) is 52.8 Å². The second-order valence-corrected chi connectivity index (χ2v) is 22.5. The van der Waals surface area contributed by atoms with Gasteiger partial charge in [-0.15, -0.1) is 21.5 Å². The maximum atomic E-state index is 14.2. The lowest BCUT2D eigenvalue weighted by atomic mass is 9.91. The highest BCUT2D eigenvalue weighted by Crippen LogP contribution is 2.40. The molecule has 6 aromatic rings. The number of hydrogen-bond donors (Lipinski definition) is 4. The number of nitrogens with zero attached hydrogens (tertiary/aromatic N) is 10. The van der Waals surface area contributed by atoms with E-state index in [0.29, 0.717) is 59.9 Å². The summed E-state index contributed by atoms with van der Waals surface area (Å²) in [7, 11) is 0. The van der Waals surface area contributed by atoms with E-state index < -0.39 is 18.1 Å². The smallest absolute Gasteiger partial charge is 0.254 e. The van der Waals surface area contributed by atoms with Gasteiger partial charge in [0.25, 0.3) is 5.88 Å². The van der Waals surface area contributed by atoms with Crippen LogP contribution >= 0.6 is 11.3 Å². The number of ether oxygens (including phenoxy) is 2. The zero-order valence-corrected chi connectivity index (χ0v) is 46.1. The number of nitrogen functional groups attached to an aromatic ring is 1. The highest BCUT2D eigenvalue weighted by molar-refractivity contribution is 7.13. The third-order valence-corrected chi connectivity index (χ3v) is 16.9. The summed E-state index contributed by atoms with van der Waals surface area (Å²) in [6, 6.07) is 22.5. The van der Waals surface area contributed by atoms with Crippen molar-refractivity contribution in [2.75, 3.05) is 87.7 Å². The molecule has 2 bridgehead atoms. The molecule has 0 spiro atoms. The Morgan fingerprint density at radius 1 is 0.846 bits per heavy atom. The Morgan fingerprint density at radius 2 is 1.54 bits per heavy atom. The first-order chi connectivity index (χ1) is 37.9. The fourth-order valence-corrected chi connectivity index (χ4v) is 12.5. The number of aliphatic hydroxyl groups excluding tert-OH is 1. The van der Waals surface area contributed by atoms with E-state index in [1.54, 1.807) is 29.5 Å². The number of carbonyl (C=O) groups is 2. The molecule has 19 nitrogen and oxygen atoms in total. The number of aryl methyl sites for hydroxylation is 1. The molecule has 4 fully saturated rings. The van der Waals surface area contributed by atoms with E-state index in [9.17, 15) is 19.8 Å². The average molecular weight is 1080 g/mol. The number of piperazine rings is 2. The number of anilines is 3. The van der Waals surface area contributed by atoms with Crippen LogP contribution in [-0.4, -0.2) is 158 Å². The standard InChI is InChI=1S/C58H74N12O7S/c1-37(2)54(58(74)69-35-45(71)30-49(69)57(73)62-38(3)40-13-15-41(16-14-40)55-39(4)61-36-78-55)51-32-53(65-77-51)76-28-10-8-22-67-25-23-66(24-26-67)21-7-9-27-75-52-29-42(19-20-60-52)70-43-17-18-44(70)34-68(33-43)48-31-47(63-64-56(48)59)46-11-5-6-12-50(46)72/h5-6,11-16,19-20,29,31-32,36-38,43-45,49,54,71-72H,7-10,17-18,21-28,30,33-35H2,1-4H3,(H2,59,64)(H,62,73)/t38-,43?,44?,45+,49-,54+/m0/s1. The number of aromatic hydroxyl groups is 1. The molecule has 6 atom stereocenters. The van der Waals surface area contributed by atoms with Gasteiger partial charge in [-0.3, -0.25) is 9.59 Å². The highest BCUT2D eigenvalue weighted by Gasteiger charge is 2.44. The molecule has 78 heavy (non-hydrogen) atoms. The van der Waals surface area contributed by atoms with E-state index in [4.69, 9.17) is 19.7 Å². The number of nitrogens with one attached hydrogen (secondary N) is 1. The molecular weight excluding hydrogens is 1010 g/mol. The van der Waals surface area contributed by atoms with Crippen LogP contribution in [0.5, 0.6) is 17.5 Å². The Balaban J connectivity index is 0.606. The van der Waals surface area contributed by atoms with Crippen LogP contribution in [0.3, 0.4) is 0 Å². The van der Waals surface area contributed by atoms with Crippen molar-refractivity contribution in [1.82, 2.24) is 45.3 Å². The van der Waals surface area contributed by atoms with Gasteiger partial charge in [-0.05, 0) is 112 Å². The summed E-state index contributed by atoms with van der Waals surface area (Å²) in [6.45, 7) is 16.7. The molecule has 10 rings (SSSR count). The summed E-state index contributed by atoms with van der Waals surface area (Å²) in [5, 5.41) is 36.9. The monoisotopic (exact) mass is 1080 g/mol. The third-order valence-electron chi connectivity index (χ3n) is 15.9. The first kappa shape index (κ1) is 54.5. The predicted molar refractivity (Wildman–Crippen MR) is 301 cm³/mol. The third kappa shape index (κ3) is 12.7. The van der Waals surface area contributed by atoms with Gasteiger partial charge in [-0.25, -0.2) is 9.97 Å². The molecule has 2 aromatic carbocycles. The molecule has 414 valence electrons. The molecule has 0 saturated carbocycles. The summed E-state index contributed by atoms with van der Waals surface area (Å²) < 4.78 is 17.9. The van der Waals surface area contributed by atoms with Crippen LogP contribution in [0.25, 0.3) is 21.7 Å². The van der Waals surface area contributed by atoms with Crippen LogP contribution in [-0.2, 0) is 9.59 Å². The van der Waals surface area contributed by atoms with E-state index in [1.807, 2.05) is 81.9 Å². The molecule has 4 aromatic heterocycles. The Kier molecular flexibility index (Phi) is 17.4. The topological polar surface area (TPSA) is 225 Å². The van der Waals surface area contributed by atoms with Gasteiger partial charge >= 0.3 is 0 Å². The Hall–Kier alpha value is -6.87. The lowest BCUT2D eigenvalue weighted by Crippen LogP contribution is -2.54. The maximum Gasteiger partial charge on any atom is 0.254 e. The van der Waals surface area contributed by atoms with Crippen molar-refractivity contribution in [3.05, 3.63) is 102 Å². The number of thiazole rings is 1. The highest BCUT2D eigenvalue weighted by atomic mass is 32.1. The number of aliphatic hydroxyl groups is 1. The second kappa shape index (κ2) is 24.9. The van der Waals surface area contributed by atoms with Crippen LogP contribution < -0.4 is 30.3 Å². The van der Waals surface area contributed by atoms with Gasteiger partial charge in [-0.1, -0.05) is 50.2 Å². The van der Waals surface area contributed by atoms with Gasteiger partial charge in [0, 0.05) is 93.9 Å². The number of fused-ring (bicyclic) bond motifs is 2. The molecule has 2 amide bonds. The van der Waals surface area contributed by atoms with Crippen LogP contribution in [0, 0.1) is 12.8 Å². The normalized spacial score (nSPS) is 20.6. The van der Waals surface area contributed by atoms with Crippen LogP contribution in [0.4, 0.5) is 17.2 Å². The minimum atomic E-state index is -0.818. The zero-order valence-electron chi connectivity index (χ0n) is 45.2. The number of β-amino-alcohol motifs (C(OH)–C–C–N with tert-alkyl or cyclic N) is 1. The Morgan fingerprint density at radius 3 is 2.21 bits per heavy atom. The van der Waals surface area contributed by atoms with Crippen molar-refractivity contribution in [3.8, 4) is 39.2 Å². The summed E-state index contributed by atoms with van der Waals surface area (Å²) in [5.74, 6) is 0.474. The second-order valence-electron chi connectivity index (χ2n) is 21.7. The fourth-order valence-electron chi connectivity index (χ4n) is 11.7. The van der Waals surface area contributed by atoms with Gasteiger partial charge < -0.3 is 59.8 Å². The Bertz CT molecular complexity index is 2950. The van der Waals surface area contributed by atoms with Crippen LogP contribution in [0.2, 0.25) is 0 Å². The van der Waals surface area contributed by atoms with Crippen molar-refractivity contribution in [2.24, 2.45) is 5.92 Å². The maximum absolute atomic E-state index is 14.2. The van der Waals surface area contributed by atoms with Crippen molar-refractivity contribution in [1.29, 1.82) is 0 Å². The first-order valence-corrected chi connectivity index (χ1v) is 28.6. The van der Waals surface area contributed by atoms with E-state index in [2.05, 4.69) is 62.4 Å². The van der Waals surface area contributed by atoms with E-state index >= 15 is 0 Å². The lowest BCUT2D eigenvalue weighted by Gasteiger charge is -2.43. The molecule has 0 aliphatic carbocycles. The molecule has 5 N–H and O–H groups in total. The number of rotatable bonds is 22. The number of nitrogens with two attached hydrogens (primary N) is 1. The lowest BCUT2D eigenvalue weighted by molar-refractivity contribution is -0.141. The minimum absolute atomic E-state index is 0.0630. The number of pyridine rings is 1. The number of carbonyl (C=O) groups excluding carboxylic acids is 2. The summed E-state index contributed by atoms with van der Waals surface area (Å²) in [4.78, 5) is 49.3. The number of aromatic nitrogens is 5. The number of para-hydroxylation sites is 1. The van der Waals surface area contributed by atoms with Gasteiger partial charge in [0.1, 0.15) is 17.7 Å². The molecule has 8 heterocycles. The van der Waals surface area contributed by atoms with Gasteiger partial charge in [0.15, 0.2) is 11.6 Å².